The van der Waals surface area contributed by atoms with E-state index in [-0.39, 0.29) is 29.9 Å². The number of ether oxygens (including phenoxy) is 5. The van der Waals surface area contributed by atoms with Gasteiger partial charge in [0.15, 0.2) is 29.3 Å². The van der Waals surface area contributed by atoms with Crippen LogP contribution < -0.4 is 9.47 Å². The van der Waals surface area contributed by atoms with E-state index >= 15 is 0 Å². The zero-order chi connectivity index (χ0) is 26.7. The van der Waals surface area contributed by atoms with Gasteiger partial charge in [-0.3, -0.25) is 0 Å². The molecule has 0 saturated carbocycles. The van der Waals surface area contributed by atoms with Gasteiger partial charge in [-0.1, -0.05) is 12.1 Å². The third-order valence-corrected chi connectivity index (χ3v) is 7.06. The van der Waals surface area contributed by atoms with E-state index in [0.717, 1.165) is 11.1 Å². The Morgan fingerprint density at radius 3 is 2.24 bits per heavy atom. The summed E-state index contributed by atoms with van der Waals surface area (Å²) in [5.74, 6) is 0.341. The summed E-state index contributed by atoms with van der Waals surface area (Å²) in [7, 11) is 2.93. The minimum atomic E-state index is -1.55. The molecule has 2 aliphatic heterocycles. The first kappa shape index (κ1) is 27.4. The maximum Gasteiger partial charge on any atom is 0.186 e. The smallest absolute Gasteiger partial charge is 0.186 e. The SMILES string of the molecule is COc1cc(CC2COC(c3ccc(O)c(OC)c3)C2COC2OC(CO)C(O)C(O)C2O)ccc1O. The molecule has 0 aliphatic carbocycles. The minimum absolute atomic E-state index is 0.00824. The van der Waals surface area contributed by atoms with Gasteiger partial charge < -0.3 is 54.3 Å². The molecular formula is C26H34O11. The molecule has 8 atom stereocenters. The van der Waals surface area contributed by atoms with Crippen LogP contribution in [0.2, 0.25) is 0 Å². The highest BCUT2D eigenvalue weighted by Crippen LogP contribution is 2.43. The summed E-state index contributed by atoms with van der Waals surface area (Å²) in [6.45, 7) is -0.130. The Morgan fingerprint density at radius 1 is 0.892 bits per heavy atom. The molecular weight excluding hydrogens is 488 g/mol. The number of methoxy groups -OCH3 is 2. The van der Waals surface area contributed by atoms with Crippen molar-refractivity contribution in [2.75, 3.05) is 34.0 Å². The van der Waals surface area contributed by atoms with E-state index in [4.69, 9.17) is 23.7 Å². The summed E-state index contributed by atoms with van der Waals surface area (Å²) in [6.07, 6.45) is -6.81. The first-order chi connectivity index (χ1) is 17.8. The van der Waals surface area contributed by atoms with E-state index in [1.165, 1.54) is 20.3 Å². The van der Waals surface area contributed by atoms with Crippen LogP contribution in [0.1, 0.15) is 17.2 Å². The zero-order valence-corrected chi connectivity index (χ0v) is 20.6. The minimum Gasteiger partial charge on any atom is -0.504 e. The van der Waals surface area contributed by atoms with Crippen LogP contribution in [-0.4, -0.2) is 95.4 Å². The second-order valence-corrected chi connectivity index (χ2v) is 9.35. The Kier molecular flexibility index (Phi) is 8.75. The lowest BCUT2D eigenvalue weighted by atomic mass is 9.84. The lowest BCUT2D eigenvalue weighted by Gasteiger charge is -2.40. The van der Waals surface area contributed by atoms with Crippen molar-refractivity contribution in [1.82, 2.24) is 0 Å². The van der Waals surface area contributed by atoms with Crippen molar-refractivity contribution in [3.8, 4) is 23.0 Å². The second-order valence-electron chi connectivity index (χ2n) is 9.35. The van der Waals surface area contributed by atoms with Crippen molar-refractivity contribution in [2.24, 2.45) is 11.8 Å². The number of rotatable bonds is 9. The van der Waals surface area contributed by atoms with Gasteiger partial charge >= 0.3 is 0 Å². The molecule has 37 heavy (non-hydrogen) atoms. The van der Waals surface area contributed by atoms with Gasteiger partial charge in [-0.05, 0) is 47.7 Å². The zero-order valence-electron chi connectivity index (χ0n) is 20.6. The molecule has 6 N–H and O–H groups in total. The standard InChI is InChI=1S/C26H34O11/c1-33-19-8-13(3-5-17(19)28)7-15-11-35-25(14-4-6-18(29)20(9-14)34-2)16(15)12-36-26-24(32)23(31)22(30)21(10-27)37-26/h3-6,8-9,15-16,21-32H,7,10-12H2,1-2H3. The van der Waals surface area contributed by atoms with Gasteiger partial charge in [0.05, 0.1) is 40.1 Å². The molecule has 11 nitrogen and oxygen atoms in total. The molecule has 2 saturated heterocycles. The molecule has 2 aromatic carbocycles. The van der Waals surface area contributed by atoms with Crippen LogP contribution in [0.5, 0.6) is 23.0 Å². The van der Waals surface area contributed by atoms with Crippen molar-refractivity contribution in [1.29, 1.82) is 0 Å². The number of hydrogen-bond acceptors (Lipinski definition) is 11. The summed E-state index contributed by atoms with van der Waals surface area (Å²) in [4.78, 5) is 0. The first-order valence-electron chi connectivity index (χ1n) is 12.0. The monoisotopic (exact) mass is 522 g/mol. The Bertz CT molecular complexity index is 1050. The molecule has 2 aromatic rings. The third kappa shape index (κ3) is 5.78. The lowest BCUT2D eigenvalue weighted by Crippen LogP contribution is -2.59. The van der Waals surface area contributed by atoms with Crippen LogP contribution in [0.25, 0.3) is 0 Å². The van der Waals surface area contributed by atoms with E-state index in [0.29, 0.717) is 24.5 Å². The van der Waals surface area contributed by atoms with Gasteiger partial charge in [-0.2, -0.15) is 0 Å². The molecule has 0 bridgehead atoms. The predicted octanol–water partition coefficient (Wildman–Crippen LogP) is 0.478. The summed E-state index contributed by atoms with van der Waals surface area (Å²) < 4.78 is 28.1. The van der Waals surface area contributed by atoms with E-state index in [1.54, 1.807) is 30.3 Å². The van der Waals surface area contributed by atoms with Gasteiger partial charge in [0.1, 0.15) is 24.4 Å². The Balaban J connectivity index is 1.57. The molecule has 2 aliphatic rings. The Morgan fingerprint density at radius 2 is 1.57 bits per heavy atom. The number of aliphatic hydroxyl groups excluding tert-OH is 4. The quantitative estimate of drug-likeness (QED) is 0.271. The molecule has 0 radical (unpaired) electrons. The normalized spacial score (nSPS) is 31.8. The van der Waals surface area contributed by atoms with Crippen LogP contribution in [0.3, 0.4) is 0 Å². The number of hydrogen-bond donors (Lipinski definition) is 6. The summed E-state index contributed by atoms with van der Waals surface area (Å²) in [5, 5.41) is 60.0. The van der Waals surface area contributed by atoms with Crippen LogP contribution in [-0.2, 0) is 20.6 Å². The molecule has 2 heterocycles. The van der Waals surface area contributed by atoms with E-state index in [1.807, 2.05) is 0 Å². The van der Waals surface area contributed by atoms with Gasteiger partial charge in [-0.25, -0.2) is 0 Å². The van der Waals surface area contributed by atoms with Crippen molar-refractivity contribution in [3.63, 3.8) is 0 Å². The maximum absolute atomic E-state index is 10.4. The fourth-order valence-electron chi connectivity index (χ4n) is 4.93. The van der Waals surface area contributed by atoms with Crippen LogP contribution >= 0.6 is 0 Å². The fourth-order valence-corrected chi connectivity index (χ4v) is 4.93. The second kappa shape index (κ2) is 11.8. The van der Waals surface area contributed by atoms with Crippen molar-refractivity contribution >= 4 is 0 Å². The van der Waals surface area contributed by atoms with Gasteiger partial charge in [0.25, 0.3) is 0 Å². The molecule has 4 rings (SSSR count). The molecule has 0 aromatic heterocycles. The van der Waals surface area contributed by atoms with Gasteiger partial charge in [0.2, 0.25) is 0 Å². The van der Waals surface area contributed by atoms with Crippen molar-refractivity contribution < 1.29 is 54.3 Å². The lowest BCUT2D eigenvalue weighted by molar-refractivity contribution is -0.304. The van der Waals surface area contributed by atoms with Crippen LogP contribution in [0, 0.1) is 11.8 Å². The number of aliphatic hydroxyl groups is 4. The average molecular weight is 523 g/mol. The average Bonchev–Trinajstić information content (AvgIpc) is 3.30. The molecule has 2 fully saturated rings. The summed E-state index contributed by atoms with van der Waals surface area (Å²) >= 11 is 0. The molecule has 0 amide bonds. The van der Waals surface area contributed by atoms with Crippen molar-refractivity contribution in [2.45, 2.75) is 43.2 Å². The first-order valence-corrected chi connectivity index (χ1v) is 12.0. The Hall–Kier alpha value is -2.64. The number of aromatic hydroxyl groups is 2. The van der Waals surface area contributed by atoms with Gasteiger partial charge in [-0.15, -0.1) is 0 Å². The molecule has 8 unspecified atom stereocenters. The highest BCUT2D eigenvalue weighted by Gasteiger charge is 2.45. The number of benzene rings is 2. The molecule has 0 spiro atoms. The van der Waals surface area contributed by atoms with E-state index < -0.39 is 43.4 Å². The molecule has 11 heteroatoms. The number of phenols is 2. The third-order valence-electron chi connectivity index (χ3n) is 7.06. The summed E-state index contributed by atoms with van der Waals surface area (Å²) in [5.41, 5.74) is 1.66. The van der Waals surface area contributed by atoms with Crippen LogP contribution in [0.4, 0.5) is 0 Å². The van der Waals surface area contributed by atoms with E-state index in [2.05, 4.69) is 0 Å². The molecule has 204 valence electrons. The van der Waals surface area contributed by atoms with E-state index in [9.17, 15) is 30.6 Å². The van der Waals surface area contributed by atoms with Crippen LogP contribution in [0.15, 0.2) is 36.4 Å². The topological polar surface area (TPSA) is 168 Å². The largest absolute Gasteiger partial charge is 0.504 e. The van der Waals surface area contributed by atoms with Gasteiger partial charge in [0, 0.05) is 5.92 Å². The highest BCUT2D eigenvalue weighted by atomic mass is 16.7. The summed E-state index contributed by atoms with van der Waals surface area (Å²) in [6, 6.07) is 10.0. The van der Waals surface area contributed by atoms with Crippen molar-refractivity contribution in [3.05, 3.63) is 47.5 Å². The highest BCUT2D eigenvalue weighted by molar-refractivity contribution is 5.43. The maximum atomic E-state index is 10.4. The Labute approximate surface area is 214 Å². The number of phenolic OH excluding ortho intramolecular Hbond substituents is 2. The fraction of sp³-hybridized carbons (Fsp3) is 0.538. The predicted molar refractivity (Wildman–Crippen MR) is 128 cm³/mol.